The van der Waals surface area contributed by atoms with Crippen molar-refractivity contribution >= 4 is 6.09 Å². The molecule has 0 aliphatic carbocycles. The van der Waals surface area contributed by atoms with Gasteiger partial charge in [-0.3, -0.25) is 4.90 Å². The van der Waals surface area contributed by atoms with Gasteiger partial charge in [0.25, 0.3) is 0 Å². The molecule has 2 rings (SSSR count). The Morgan fingerprint density at radius 2 is 2.30 bits per heavy atom. The van der Waals surface area contributed by atoms with Crippen molar-refractivity contribution in [1.82, 2.24) is 10.2 Å². The monoisotopic (exact) mass is 321 g/mol. The Morgan fingerprint density at radius 3 is 2.96 bits per heavy atom. The number of carbonyl (C=O) groups is 1. The molecular formula is C16H23N3O4. The molecule has 1 aromatic heterocycles. The Kier molecular flexibility index (Phi) is 5.64. The Labute approximate surface area is 136 Å². The average Bonchev–Trinajstić information content (AvgIpc) is 2.94. The van der Waals surface area contributed by atoms with E-state index in [9.17, 15) is 4.79 Å². The molecule has 126 valence electrons. The van der Waals surface area contributed by atoms with Gasteiger partial charge in [0.15, 0.2) is 0 Å². The van der Waals surface area contributed by atoms with E-state index in [2.05, 4.69) is 5.32 Å². The van der Waals surface area contributed by atoms with Gasteiger partial charge in [-0.05, 0) is 32.9 Å². The van der Waals surface area contributed by atoms with Gasteiger partial charge in [0.05, 0.1) is 25.8 Å². The van der Waals surface area contributed by atoms with Gasteiger partial charge in [-0.1, -0.05) is 0 Å². The zero-order valence-corrected chi connectivity index (χ0v) is 13.8. The second kappa shape index (κ2) is 7.49. The highest BCUT2D eigenvalue weighted by Gasteiger charge is 2.30. The lowest BCUT2D eigenvalue weighted by Crippen LogP contribution is -2.53. The number of nitrogens with zero attached hydrogens (tertiary/aromatic N) is 2. The smallest absolute Gasteiger partial charge is 0.410 e. The third-order valence-corrected chi connectivity index (χ3v) is 3.31. The third kappa shape index (κ3) is 5.27. The number of nitriles is 1. The first-order valence-corrected chi connectivity index (χ1v) is 7.66. The summed E-state index contributed by atoms with van der Waals surface area (Å²) in [7, 11) is 0. The zero-order chi connectivity index (χ0) is 16.9. The van der Waals surface area contributed by atoms with Crippen LogP contribution in [-0.4, -0.2) is 48.9 Å². The van der Waals surface area contributed by atoms with E-state index in [0.717, 1.165) is 0 Å². The predicted octanol–water partition coefficient (Wildman–Crippen LogP) is 1.88. The number of carbonyl (C=O) groups excluding carboxylic acids is 1. The summed E-state index contributed by atoms with van der Waals surface area (Å²) < 4.78 is 16.2. The molecule has 0 bridgehead atoms. The van der Waals surface area contributed by atoms with Crippen LogP contribution < -0.4 is 5.32 Å². The number of nitrogens with one attached hydrogen (secondary N) is 1. The van der Waals surface area contributed by atoms with Crippen molar-refractivity contribution in [3.63, 3.8) is 0 Å². The molecule has 1 saturated heterocycles. The van der Waals surface area contributed by atoms with E-state index < -0.39 is 5.60 Å². The fourth-order valence-corrected chi connectivity index (χ4v) is 2.28. The summed E-state index contributed by atoms with van der Waals surface area (Å²) in [6.07, 6.45) is -0.322. The van der Waals surface area contributed by atoms with E-state index in [1.54, 1.807) is 17.0 Å². The van der Waals surface area contributed by atoms with Crippen LogP contribution in [0, 0.1) is 11.3 Å². The SMILES string of the molecule is CC(C)(C)OC(=O)N1CCOCC1CNCc1ccc(C#N)o1. The number of rotatable bonds is 4. The molecule has 0 saturated carbocycles. The van der Waals surface area contributed by atoms with Crippen LogP contribution in [0.5, 0.6) is 0 Å². The molecule has 1 unspecified atom stereocenters. The largest absolute Gasteiger partial charge is 0.449 e. The highest BCUT2D eigenvalue weighted by molar-refractivity contribution is 5.68. The van der Waals surface area contributed by atoms with Gasteiger partial charge in [-0.2, -0.15) is 5.26 Å². The maximum absolute atomic E-state index is 12.3. The fraction of sp³-hybridized carbons (Fsp3) is 0.625. The minimum Gasteiger partial charge on any atom is -0.449 e. The quantitative estimate of drug-likeness (QED) is 0.911. The number of hydrogen-bond donors (Lipinski definition) is 1. The van der Waals surface area contributed by atoms with Crippen molar-refractivity contribution in [2.24, 2.45) is 0 Å². The summed E-state index contributed by atoms with van der Waals surface area (Å²) in [6, 6.07) is 5.24. The summed E-state index contributed by atoms with van der Waals surface area (Å²) >= 11 is 0. The topological polar surface area (TPSA) is 87.7 Å². The number of ether oxygens (including phenoxy) is 2. The van der Waals surface area contributed by atoms with Crippen LogP contribution in [0.15, 0.2) is 16.5 Å². The number of amides is 1. The van der Waals surface area contributed by atoms with Gasteiger partial charge < -0.3 is 19.2 Å². The van der Waals surface area contributed by atoms with Crippen LogP contribution >= 0.6 is 0 Å². The van der Waals surface area contributed by atoms with E-state index >= 15 is 0 Å². The number of hydrogen-bond acceptors (Lipinski definition) is 6. The van der Waals surface area contributed by atoms with E-state index in [0.29, 0.717) is 38.6 Å². The lowest BCUT2D eigenvalue weighted by Gasteiger charge is -2.36. The van der Waals surface area contributed by atoms with Gasteiger partial charge in [0, 0.05) is 13.1 Å². The maximum Gasteiger partial charge on any atom is 0.410 e. The van der Waals surface area contributed by atoms with E-state index in [1.807, 2.05) is 26.8 Å². The zero-order valence-electron chi connectivity index (χ0n) is 13.8. The molecule has 23 heavy (non-hydrogen) atoms. The molecule has 1 atom stereocenters. The van der Waals surface area contributed by atoms with Gasteiger partial charge in [-0.25, -0.2) is 4.79 Å². The van der Waals surface area contributed by atoms with Crippen LogP contribution in [0.2, 0.25) is 0 Å². The summed E-state index contributed by atoms with van der Waals surface area (Å²) in [6.45, 7) is 8.09. The molecule has 1 amide bonds. The summed E-state index contributed by atoms with van der Waals surface area (Å²) in [5, 5.41) is 12.0. The van der Waals surface area contributed by atoms with Gasteiger partial charge in [0.2, 0.25) is 5.76 Å². The Bertz CT molecular complexity index is 571. The molecule has 2 heterocycles. The summed E-state index contributed by atoms with van der Waals surface area (Å²) in [5.74, 6) is 0.972. The van der Waals surface area contributed by atoms with Gasteiger partial charge >= 0.3 is 6.09 Å². The highest BCUT2D eigenvalue weighted by atomic mass is 16.6. The van der Waals surface area contributed by atoms with Crippen molar-refractivity contribution < 1.29 is 18.7 Å². The number of morpholine rings is 1. The molecule has 7 nitrogen and oxygen atoms in total. The second-order valence-corrected chi connectivity index (χ2v) is 6.41. The predicted molar refractivity (Wildman–Crippen MR) is 82.7 cm³/mol. The van der Waals surface area contributed by atoms with Gasteiger partial charge in [0.1, 0.15) is 17.4 Å². The van der Waals surface area contributed by atoms with Crippen molar-refractivity contribution in [2.45, 2.75) is 39.0 Å². The minimum absolute atomic E-state index is 0.0935. The fourth-order valence-electron chi connectivity index (χ4n) is 2.28. The van der Waals surface area contributed by atoms with Crippen molar-refractivity contribution in [2.75, 3.05) is 26.3 Å². The first-order valence-electron chi connectivity index (χ1n) is 7.66. The molecular weight excluding hydrogens is 298 g/mol. The van der Waals surface area contributed by atoms with Crippen LogP contribution in [-0.2, 0) is 16.0 Å². The first-order chi connectivity index (χ1) is 10.9. The Morgan fingerprint density at radius 1 is 1.52 bits per heavy atom. The molecule has 1 N–H and O–H groups in total. The molecule has 0 radical (unpaired) electrons. The van der Waals surface area contributed by atoms with E-state index in [1.165, 1.54) is 0 Å². The molecule has 7 heteroatoms. The Hall–Kier alpha value is -2.04. The van der Waals surface area contributed by atoms with Crippen molar-refractivity contribution in [1.29, 1.82) is 5.26 Å². The average molecular weight is 321 g/mol. The normalized spacial score (nSPS) is 18.5. The molecule has 1 aliphatic rings. The first kappa shape index (κ1) is 17.3. The minimum atomic E-state index is -0.519. The van der Waals surface area contributed by atoms with Gasteiger partial charge in [-0.15, -0.1) is 0 Å². The standard InChI is InChI=1S/C16H23N3O4/c1-16(2,3)23-15(20)19-6-7-21-11-12(19)9-18-10-14-5-4-13(8-17)22-14/h4-5,12,18H,6-7,9-11H2,1-3H3. The number of furan rings is 1. The van der Waals surface area contributed by atoms with Crippen LogP contribution in [0.25, 0.3) is 0 Å². The molecule has 1 aromatic rings. The maximum atomic E-state index is 12.3. The lowest BCUT2D eigenvalue weighted by atomic mass is 10.2. The lowest BCUT2D eigenvalue weighted by molar-refractivity contribution is -0.0318. The van der Waals surface area contributed by atoms with E-state index in [4.69, 9.17) is 19.2 Å². The Balaban J connectivity index is 1.86. The molecule has 0 aromatic carbocycles. The van der Waals surface area contributed by atoms with Crippen molar-refractivity contribution in [3.8, 4) is 6.07 Å². The van der Waals surface area contributed by atoms with E-state index in [-0.39, 0.29) is 17.9 Å². The third-order valence-electron chi connectivity index (χ3n) is 3.31. The van der Waals surface area contributed by atoms with Crippen LogP contribution in [0.1, 0.15) is 32.3 Å². The van der Waals surface area contributed by atoms with Crippen molar-refractivity contribution in [3.05, 3.63) is 23.7 Å². The van der Waals surface area contributed by atoms with Crippen LogP contribution in [0.3, 0.4) is 0 Å². The highest BCUT2D eigenvalue weighted by Crippen LogP contribution is 2.14. The molecule has 1 aliphatic heterocycles. The summed E-state index contributed by atoms with van der Waals surface area (Å²) in [4.78, 5) is 14.0. The molecule has 0 spiro atoms. The summed E-state index contributed by atoms with van der Waals surface area (Å²) in [5.41, 5.74) is -0.519. The second-order valence-electron chi connectivity index (χ2n) is 6.41. The van der Waals surface area contributed by atoms with Crippen LogP contribution in [0.4, 0.5) is 4.79 Å². The molecule has 1 fully saturated rings.